The van der Waals surface area contributed by atoms with Crippen molar-refractivity contribution in [1.29, 1.82) is 0 Å². The standard InChI is InChI=1S/C13H21N3/c1-10-6-11(2)8-16(7-10)9-12-4-3-5-13(14)15-12/h3-5,10-11H,6-9H2,1-2H3,(H2,14,15). The van der Waals surface area contributed by atoms with Gasteiger partial charge in [-0.15, -0.1) is 0 Å². The zero-order valence-corrected chi connectivity index (χ0v) is 10.2. The molecule has 0 bridgehead atoms. The van der Waals surface area contributed by atoms with Gasteiger partial charge in [0, 0.05) is 19.6 Å². The van der Waals surface area contributed by atoms with Crippen LogP contribution >= 0.6 is 0 Å². The topological polar surface area (TPSA) is 42.1 Å². The first-order chi connectivity index (χ1) is 7.63. The quantitative estimate of drug-likeness (QED) is 0.828. The number of nitrogens with two attached hydrogens (primary N) is 1. The van der Waals surface area contributed by atoms with Crippen molar-refractivity contribution in [2.75, 3.05) is 18.8 Å². The third-order valence-electron chi connectivity index (χ3n) is 3.16. The van der Waals surface area contributed by atoms with Crippen molar-refractivity contribution in [3.05, 3.63) is 23.9 Å². The minimum absolute atomic E-state index is 0.621. The molecule has 1 aliphatic heterocycles. The molecule has 0 aliphatic carbocycles. The molecule has 2 rings (SSSR count). The second-order valence-corrected chi connectivity index (χ2v) is 5.19. The molecule has 88 valence electrons. The molecule has 0 radical (unpaired) electrons. The summed E-state index contributed by atoms with van der Waals surface area (Å²) in [4.78, 5) is 6.84. The summed E-state index contributed by atoms with van der Waals surface area (Å²) in [5.74, 6) is 2.21. The van der Waals surface area contributed by atoms with E-state index in [2.05, 4.69) is 29.8 Å². The van der Waals surface area contributed by atoms with Crippen LogP contribution in [0, 0.1) is 11.8 Å². The van der Waals surface area contributed by atoms with Crippen molar-refractivity contribution in [2.45, 2.75) is 26.8 Å². The summed E-state index contributed by atoms with van der Waals surface area (Å²) >= 11 is 0. The van der Waals surface area contributed by atoms with Crippen molar-refractivity contribution in [3.8, 4) is 0 Å². The number of likely N-dealkylation sites (tertiary alicyclic amines) is 1. The first-order valence-electron chi connectivity index (χ1n) is 6.07. The maximum atomic E-state index is 5.69. The number of rotatable bonds is 2. The van der Waals surface area contributed by atoms with Gasteiger partial charge in [-0.25, -0.2) is 4.98 Å². The Hall–Kier alpha value is -1.09. The van der Waals surface area contributed by atoms with Crippen LogP contribution < -0.4 is 5.73 Å². The Morgan fingerprint density at radius 2 is 2.00 bits per heavy atom. The van der Waals surface area contributed by atoms with Crippen LogP contribution in [-0.4, -0.2) is 23.0 Å². The molecule has 3 nitrogen and oxygen atoms in total. The van der Waals surface area contributed by atoms with Crippen LogP contribution in [0.5, 0.6) is 0 Å². The number of hydrogen-bond acceptors (Lipinski definition) is 3. The molecule has 16 heavy (non-hydrogen) atoms. The molecule has 2 unspecified atom stereocenters. The van der Waals surface area contributed by atoms with Gasteiger partial charge in [-0.1, -0.05) is 19.9 Å². The van der Waals surface area contributed by atoms with E-state index in [-0.39, 0.29) is 0 Å². The van der Waals surface area contributed by atoms with Gasteiger partial charge >= 0.3 is 0 Å². The summed E-state index contributed by atoms with van der Waals surface area (Å²) in [5.41, 5.74) is 6.77. The fourth-order valence-electron chi connectivity index (χ4n) is 2.74. The van der Waals surface area contributed by atoms with Crippen molar-refractivity contribution in [3.63, 3.8) is 0 Å². The van der Waals surface area contributed by atoms with E-state index in [9.17, 15) is 0 Å². The molecule has 0 saturated carbocycles. The highest BCUT2D eigenvalue weighted by Crippen LogP contribution is 2.22. The Morgan fingerprint density at radius 1 is 1.31 bits per heavy atom. The number of anilines is 1. The van der Waals surface area contributed by atoms with Gasteiger partial charge < -0.3 is 5.73 Å². The van der Waals surface area contributed by atoms with Crippen molar-refractivity contribution < 1.29 is 0 Å². The van der Waals surface area contributed by atoms with Gasteiger partial charge in [0.2, 0.25) is 0 Å². The van der Waals surface area contributed by atoms with E-state index in [4.69, 9.17) is 5.73 Å². The Kier molecular flexibility index (Phi) is 3.44. The lowest BCUT2D eigenvalue weighted by Crippen LogP contribution is -2.38. The van der Waals surface area contributed by atoms with Crippen molar-refractivity contribution in [2.24, 2.45) is 11.8 Å². The van der Waals surface area contributed by atoms with Crippen LogP contribution in [0.2, 0.25) is 0 Å². The van der Waals surface area contributed by atoms with Crippen molar-refractivity contribution in [1.82, 2.24) is 9.88 Å². The monoisotopic (exact) mass is 219 g/mol. The third-order valence-corrected chi connectivity index (χ3v) is 3.16. The second-order valence-electron chi connectivity index (χ2n) is 5.19. The Balaban J connectivity index is 1.98. The predicted octanol–water partition coefficient (Wildman–Crippen LogP) is 2.14. The molecule has 1 aromatic rings. The number of aromatic nitrogens is 1. The number of pyridine rings is 1. The molecular formula is C13H21N3. The summed E-state index contributed by atoms with van der Waals surface area (Å²) in [7, 11) is 0. The van der Waals surface area contributed by atoms with Gasteiger partial charge in [-0.3, -0.25) is 4.90 Å². The molecule has 1 saturated heterocycles. The van der Waals surface area contributed by atoms with Crippen LogP contribution in [0.3, 0.4) is 0 Å². The Labute approximate surface area is 97.7 Å². The highest BCUT2D eigenvalue weighted by atomic mass is 15.1. The molecule has 0 amide bonds. The summed E-state index contributed by atoms with van der Waals surface area (Å²) in [6, 6.07) is 5.87. The molecule has 1 aromatic heterocycles. The predicted molar refractivity (Wildman–Crippen MR) is 66.9 cm³/mol. The third kappa shape index (κ3) is 2.95. The second kappa shape index (κ2) is 4.83. The van der Waals surface area contributed by atoms with Crippen LogP contribution in [0.4, 0.5) is 5.82 Å². The summed E-state index contributed by atoms with van der Waals surface area (Å²) in [6.07, 6.45) is 1.35. The lowest BCUT2D eigenvalue weighted by atomic mass is 9.92. The smallest absolute Gasteiger partial charge is 0.123 e. The number of nitrogen functional groups attached to an aromatic ring is 1. The molecule has 1 aliphatic rings. The van der Waals surface area contributed by atoms with Gasteiger partial charge in [0.25, 0.3) is 0 Å². The average Bonchev–Trinajstić information content (AvgIpc) is 2.15. The van der Waals surface area contributed by atoms with Gasteiger partial charge in [-0.05, 0) is 30.4 Å². The largest absolute Gasteiger partial charge is 0.384 e. The van der Waals surface area contributed by atoms with Gasteiger partial charge in [0.15, 0.2) is 0 Å². The first-order valence-corrected chi connectivity index (χ1v) is 6.07. The Bertz CT molecular complexity index is 341. The number of nitrogens with zero attached hydrogens (tertiary/aromatic N) is 2. The Morgan fingerprint density at radius 3 is 2.62 bits per heavy atom. The van der Waals surface area contributed by atoms with Crippen LogP contribution in [-0.2, 0) is 6.54 Å². The van der Waals surface area contributed by atoms with E-state index in [1.54, 1.807) is 0 Å². The zero-order chi connectivity index (χ0) is 11.5. The minimum Gasteiger partial charge on any atom is -0.384 e. The van der Waals surface area contributed by atoms with Crippen LogP contribution in [0.1, 0.15) is 26.0 Å². The van der Waals surface area contributed by atoms with Gasteiger partial charge in [0.05, 0.1) is 5.69 Å². The maximum Gasteiger partial charge on any atom is 0.123 e. The van der Waals surface area contributed by atoms with E-state index in [0.29, 0.717) is 5.82 Å². The summed E-state index contributed by atoms with van der Waals surface area (Å²) in [5, 5.41) is 0. The number of piperidine rings is 1. The van der Waals surface area contributed by atoms with Gasteiger partial charge in [0.1, 0.15) is 5.82 Å². The molecular weight excluding hydrogens is 198 g/mol. The molecule has 2 N–H and O–H groups in total. The highest BCUT2D eigenvalue weighted by Gasteiger charge is 2.21. The highest BCUT2D eigenvalue weighted by molar-refractivity contribution is 5.28. The molecule has 0 aromatic carbocycles. The SMILES string of the molecule is CC1CC(C)CN(Cc2cccc(N)n2)C1. The molecule has 3 heteroatoms. The number of hydrogen-bond donors (Lipinski definition) is 1. The first kappa shape index (κ1) is 11.4. The van der Waals surface area contributed by atoms with Gasteiger partial charge in [-0.2, -0.15) is 0 Å². The molecule has 0 spiro atoms. The zero-order valence-electron chi connectivity index (χ0n) is 10.2. The summed E-state index contributed by atoms with van der Waals surface area (Å²) < 4.78 is 0. The lowest BCUT2D eigenvalue weighted by molar-refractivity contribution is 0.133. The van der Waals surface area contributed by atoms with Crippen molar-refractivity contribution >= 4 is 5.82 Å². The van der Waals surface area contributed by atoms with E-state index in [1.165, 1.54) is 19.5 Å². The lowest BCUT2D eigenvalue weighted by Gasteiger charge is -2.34. The molecule has 2 heterocycles. The fourth-order valence-corrected chi connectivity index (χ4v) is 2.74. The van der Waals surface area contributed by atoms with Crippen LogP contribution in [0.15, 0.2) is 18.2 Å². The average molecular weight is 219 g/mol. The summed E-state index contributed by atoms with van der Waals surface area (Å²) in [6.45, 7) is 7.95. The fraction of sp³-hybridized carbons (Fsp3) is 0.615. The molecule has 2 atom stereocenters. The molecule has 1 fully saturated rings. The van der Waals surface area contributed by atoms with E-state index in [0.717, 1.165) is 24.1 Å². The van der Waals surface area contributed by atoms with E-state index >= 15 is 0 Å². The van der Waals surface area contributed by atoms with E-state index in [1.807, 2.05) is 12.1 Å². The minimum atomic E-state index is 0.621. The van der Waals surface area contributed by atoms with Crippen LogP contribution in [0.25, 0.3) is 0 Å². The van der Waals surface area contributed by atoms with E-state index < -0.39 is 0 Å². The maximum absolute atomic E-state index is 5.69. The normalized spacial score (nSPS) is 26.9.